The van der Waals surface area contributed by atoms with E-state index in [1.54, 1.807) is 0 Å². The largest absolute Gasteiger partial charge is 0.419 e. The van der Waals surface area contributed by atoms with Gasteiger partial charge in [-0.1, -0.05) is 6.07 Å². The Balaban J connectivity index is 2.33. The van der Waals surface area contributed by atoms with Crippen LogP contribution in [-0.4, -0.2) is 37.3 Å². The van der Waals surface area contributed by atoms with E-state index in [0.29, 0.717) is 38.3 Å². The Morgan fingerprint density at radius 2 is 1.65 bits per heavy atom. The number of piperazine rings is 1. The fourth-order valence-electron chi connectivity index (χ4n) is 2.64. The third kappa shape index (κ3) is 4.81. The molecule has 1 aliphatic rings. The van der Waals surface area contributed by atoms with Crippen molar-refractivity contribution in [3.05, 3.63) is 35.1 Å². The number of alkyl halides is 6. The first-order chi connectivity index (χ1) is 10.6. The highest BCUT2D eigenvalue weighted by atomic mass is 19.4. The van der Waals surface area contributed by atoms with Crippen LogP contribution in [0.15, 0.2) is 18.2 Å². The van der Waals surface area contributed by atoms with E-state index < -0.39 is 36.2 Å². The van der Waals surface area contributed by atoms with E-state index in [0.717, 1.165) is 6.07 Å². The number of halogens is 7. The Kier molecular flexibility index (Phi) is 5.20. The van der Waals surface area contributed by atoms with Crippen LogP contribution in [0.4, 0.5) is 30.7 Å². The summed E-state index contributed by atoms with van der Waals surface area (Å²) in [6.07, 6.45) is -10.6. The van der Waals surface area contributed by atoms with Gasteiger partial charge in [0, 0.05) is 32.2 Å². The molecule has 1 N–H and O–H groups in total. The van der Waals surface area contributed by atoms with Gasteiger partial charge in [-0.15, -0.1) is 0 Å². The van der Waals surface area contributed by atoms with E-state index >= 15 is 0 Å². The van der Waals surface area contributed by atoms with Gasteiger partial charge in [-0.05, 0) is 17.7 Å². The molecule has 1 aliphatic heterocycles. The standard InChI is InChI=1S/C14H15F7N2/c15-11-7-9(1-2-10(11)14(19,20)21)12(8-13(16,17)18)23-5-3-22-4-6-23/h1-2,7,12,22H,3-6,8H2/t12-/m0/s1. The zero-order valence-electron chi connectivity index (χ0n) is 11.9. The lowest BCUT2D eigenvalue weighted by molar-refractivity contribution is -0.149. The van der Waals surface area contributed by atoms with Crippen molar-refractivity contribution in [3.8, 4) is 0 Å². The summed E-state index contributed by atoms with van der Waals surface area (Å²) in [6, 6.07) is 0.774. The van der Waals surface area contributed by atoms with Gasteiger partial charge in [0.15, 0.2) is 0 Å². The average molecular weight is 344 g/mol. The molecule has 130 valence electrons. The maximum absolute atomic E-state index is 13.7. The number of hydrogen-bond donors (Lipinski definition) is 1. The molecule has 2 rings (SSSR count). The highest BCUT2D eigenvalue weighted by Crippen LogP contribution is 2.37. The molecule has 0 amide bonds. The highest BCUT2D eigenvalue weighted by molar-refractivity contribution is 5.29. The topological polar surface area (TPSA) is 15.3 Å². The van der Waals surface area contributed by atoms with Crippen LogP contribution in [0.5, 0.6) is 0 Å². The summed E-state index contributed by atoms with van der Waals surface area (Å²) in [5.74, 6) is -1.56. The maximum atomic E-state index is 13.7. The Morgan fingerprint density at radius 3 is 2.13 bits per heavy atom. The molecule has 9 heteroatoms. The first-order valence-electron chi connectivity index (χ1n) is 6.96. The summed E-state index contributed by atoms with van der Waals surface area (Å²) in [5, 5.41) is 2.98. The van der Waals surface area contributed by atoms with Crippen LogP contribution < -0.4 is 5.32 Å². The molecule has 0 spiro atoms. The molecule has 0 aliphatic carbocycles. The van der Waals surface area contributed by atoms with E-state index in [2.05, 4.69) is 5.32 Å². The second-order valence-electron chi connectivity index (χ2n) is 5.36. The molecule has 1 aromatic rings. The molecule has 0 saturated carbocycles. The maximum Gasteiger partial charge on any atom is 0.419 e. The number of nitrogens with zero attached hydrogens (tertiary/aromatic N) is 1. The van der Waals surface area contributed by atoms with Crippen molar-refractivity contribution in [2.45, 2.75) is 24.8 Å². The van der Waals surface area contributed by atoms with Crippen LogP contribution in [0.25, 0.3) is 0 Å². The van der Waals surface area contributed by atoms with Crippen molar-refractivity contribution in [1.82, 2.24) is 10.2 Å². The lowest BCUT2D eigenvalue weighted by Gasteiger charge is -2.35. The van der Waals surface area contributed by atoms with E-state index in [1.807, 2.05) is 0 Å². The van der Waals surface area contributed by atoms with Gasteiger partial charge >= 0.3 is 12.4 Å². The molecule has 1 atom stereocenters. The summed E-state index contributed by atoms with van der Waals surface area (Å²) < 4.78 is 89.8. The average Bonchev–Trinajstić information content (AvgIpc) is 2.43. The first kappa shape index (κ1) is 18.0. The molecule has 1 aromatic carbocycles. The molecule has 1 heterocycles. The summed E-state index contributed by atoms with van der Waals surface area (Å²) in [7, 11) is 0. The van der Waals surface area contributed by atoms with Gasteiger partial charge in [0.05, 0.1) is 12.0 Å². The molecular formula is C14H15F7N2. The Labute approximate surface area is 128 Å². The quantitative estimate of drug-likeness (QED) is 0.841. The van der Waals surface area contributed by atoms with Crippen molar-refractivity contribution >= 4 is 0 Å². The second-order valence-corrected chi connectivity index (χ2v) is 5.36. The van der Waals surface area contributed by atoms with E-state index in [1.165, 1.54) is 4.90 Å². The van der Waals surface area contributed by atoms with Crippen molar-refractivity contribution in [1.29, 1.82) is 0 Å². The van der Waals surface area contributed by atoms with Gasteiger partial charge in [-0.2, -0.15) is 26.3 Å². The van der Waals surface area contributed by atoms with Crippen LogP contribution in [0, 0.1) is 5.82 Å². The SMILES string of the molecule is Fc1cc([C@H](CC(F)(F)F)N2CCNCC2)ccc1C(F)(F)F. The molecule has 0 radical (unpaired) electrons. The number of nitrogens with one attached hydrogen (secondary N) is 1. The number of benzene rings is 1. The Morgan fingerprint density at radius 1 is 1.04 bits per heavy atom. The van der Waals surface area contributed by atoms with Crippen LogP contribution in [-0.2, 0) is 6.18 Å². The van der Waals surface area contributed by atoms with Gasteiger partial charge < -0.3 is 5.32 Å². The zero-order valence-corrected chi connectivity index (χ0v) is 11.9. The van der Waals surface area contributed by atoms with E-state index in [-0.39, 0.29) is 5.56 Å². The van der Waals surface area contributed by atoms with E-state index in [9.17, 15) is 30.7 Å². The molecule has 0 aromatic heterocycles. The molecule has 1 fully saturated rings. The number of hydrogen-bond acceptors (Lipinski definition) is 2. The second kappa shape index (κ2) is 6.64. The summed E-state index contributed by atoms with van der Waals surface area (Å²) in [6.45, 7) is 1.56. The minimum atomic E-state index is -4.88. The molecule has 0 bridgehead atoms. The fraction of sp³-hybridized carbons (Fsp3) is 0.571. The lowest BCUT2D eigenvalue weighted by Crippen LogP contribution is -2.46. The first-order valence-corrected chi connectivity index (χ1v) is 6.96. The van der Waals surface area contributed by atoms with Crippen molar-refractivity contribution < 1.29 is 30.7 Å². The molecule has 2 nitrogen and oxygen atoms in total. The monoisotopic (exact) mass is 344 g/mol. The predicted octanol–water partition coefficient (Wildman–Crippen LogP) is 3.74. The van der Waals surface area contributed by atoms with Crippen molar-refractivity contribution in [3.63, 3.8) is 0 Å². The normalized spacial score (nSPS) is 18.9. The van der Waals surface area contributed by atoms with Gasteiger partial charge in [-0.25, -0.2) is 4.39 Å². The van der Waals surface area contributed by atoms with Gasteiger partial charge in [0.1, 0.15) is 5.82 Å². The lowest BCUT2D eigenvalue weighted by atomic mass is 9.99. The van der Waals surface area contributed by atoms with Crippen LogP contribution >= 0.6 is 0 Å². The summed E-state index contributed by atoms with van der Waals surface area (Å²) in [5.41, 5.74) is -1.58. The Bertz CT molecular complexity index is 533. The minimum Gasteiger partial charge on any atom is -0.314 e. The Hall–Kier alpha value is -1.35. The van der Waals surface area contributed by atoms with Crippen LogP contribution in [0.1, 0.15) is 23.6 Å². The predicted molar refractivity (Wildman–Crippen MR) is 69.3 cm³/mol. The molecule has 23 heavy (non-hydrogen) atoms. The molecule has 0 unspecified atom stereocenters. The van der Waals surface area contributed by atoms with Crippen LogP contribution in [0.2, 0.25) is 0 Å². The van der Waals surface area contributed by atoms with E-state index in [4.69, 9.17) is 0 Å². The highest BCUT2D eigenvalue weighted by Gasteiger charge is 2.38. The number of rotatable bonds is 3. The summed E-state index contributed by atoms with van der Waals surface area (Å²) in [4.78, 5) is 1.51. The van der Waals surface area contributed by atoms with Gasteiger partial charge in [0.2, 0.25) is 0 Å². The third-order valence-electron chi connectivity index (χ3n) is 3.70. The minimum absolute atomic E-state index is 0.102. The van der Waals surface area contributed by atoms with Crippen molar-refractivity contribution in [2.75, 3.05) is 26.2 Å². The van der Waals surface area contributed by atoms with Gasteiger partial charge in [0.25, 0.3) is 0 Å². The zero-order chi connectivity index (χ0) is 17.3. The fourth-order valence-corrected chi connectivity index (χ4v) is 2.64. The van der Waals surface area contributed by atoms with Crippen molar-refractivity contribution in [2.24, 2.45) is 0 Å². The molecular weight excluding hydrogens is 329 g/mol. The molecule has 1 saturated heterocycles. The van der Waals surface area contributed by atoms with Gasteiger partial charge in [-0.3, -0.25) is 4.90 Å². The third-order valence-corrected chi connectivity index (χ3v) is 3.70. The van der Waals surface area contributed by atoms with Crippen LogP contribution in [0.3, 0.4) is 0 Å². The smallest absolute Gasteiger partial charge is 0.314 e. The summed E-state index contributed by atoms with van der Waals surface area (Å²) >= 11 is 0.